The van der Waals surface area contributed by atoms with Gasteiger partial charge in [-0.2, -0.15) is 0 Å². The Morgan fingerprint density at radius 2 is 1.68 bits per heavy atom. The van der Waals surface area contributed by atoms with Crippen LogP contribution in [-0.2, 0) is 0 Å². The summed E-state index contributed by atoms with van der Waals surface area (Å²) < 4.78 is 6.54. The van der Waals surface area contributed by atoms with Gasteiger partial charge in [0.15, 0.2) is 5.75 Å². The first-order chi connectivity index (χ1) is 19.3. The van der Waals surface area contributed by atoms with Gasteiger partial charge in [0, 0.05) is 31.6 Å². The minimum atomic E-state index is -0.452. The van der Waals surface area contributed by atoms with E-state index in [0.717, 1.165) is 51.4 Å². The maximum atomic E-state index is 13.7. The summed E-state index contributed by atoms with van der Waals surface area (Å²) in [6.45, 7) is 4.29. The van der Waals surface area contributed by atoms with Gasteiger partial charge in [-0.05, 0) is 44.7 Å². The van der Waals surface area contributed by atoms with Crippen molar-refractivity contribution in [1.82, 2.24) is 20.4 Å². The molecule has 0 aromatic heterocycles. The fourth-order valence-corrected chi connectivity index (χ4v) is 6.03. The van der Waals surface area contributed by atoms with Gasteiger partial charge in [-0.25, -0.2) is 9.59 Å². The molecule has 40 heavy (non-hydrogen) atoms. The van der Waals surface area contributed by atoms with Crippen molar-refractivity contribution in [3.63, 3.8) is 0 Å². The first-order valence-corrected chi connectivity index (χ1v) is 15.1. The molecular weight excluding hydrogens is 510 g/mol. The molecule has 0 saturated heterocycles. The van der Waals surface area contributed by atoms with E-state index in [2.05, 4.69) is 16.0 Å². The Morgan fingerprint density at radius 1 is 1.05 bits per heavy atom. The lowest BCUT2D eigenvalue weighted by molar-refractivity contribution is 0.0368. The summed E-state index contributed by atoms with van der Waals surface area (Å²) in [6, 6.07) is 4.60. The lowest BCUT2D eigenvalue weighted by Crippen LogP contribution is -2.52. The second-order valence-electron chi connectivity index (χ2n) is 11.9. The van der Waals surface area contributed by atoms with Crippen LogP contribution in [-0.4, -0.2) is 83.8 Å². The van der Waals surface area contributed by atoms with Gasteiger partial charge >= 0.3 is 12.1 Å². The number of amides is 5. The van der Waals surface area contributed by atoms with Crippen LogP contribution >= 0.6 is 0 Å². The summed E-state index contributed by atoms with van der Waals surface area (Å²) in [5.74, 6) is -0.124. The number of carbonyl (C=O) groups excluding carboxylic acids is 3. The zero-order valence-corrected chi connectivity index (χ0v) is 24.3. The van der Waals surface area contributed by atoms with Crippen LogP contribution in [0.15, 0.2) is 18.2 Å². The second kappa shape index (κ2) is 14.1. The largest absolute Gasteiger partial charge is 0.485 e. The molecule has 1 aromatic rings. The monoisotopic (exact) mass is 557 g/mol. The van der Waals surface area contributed by atoms with Crippen molar-refractivity contribution in [2.75, 3.05) is 32.1 Å². The van der Waals surface area contributed by atoms with Gasteiger partial charge in [0.05, 0.1) is 30.4 Å². The van der Waals surface area contributed by atoms with Crippen LogP contribution in [0.2, 0.25) is 0 Å². The SMILES string of the molecule is C[C@@H]1CN([C@@H](C)CO)C(=O)c2cccc(NC(=O)NC3CCCCC3)c2O[C@H]1CN(C)C(=O)NC1CCCCC1. The Morgan fingerprint density at radius 3 is 2.30 bits per heavy atom. The normalized spacial score (nSPS) is 23.2. The molecule has 10 heteroatoms. The molecule has 0 unspecified atom stereocenters. The number of hydrogen-bond donors (Lipinski definition) is 4. The maximum Gasteiger partial charge on any atom is 0.319 e. The summed E-state index contributed by atoms with van der Waals surface area (Å²) in [4.78, 5) is 43.0. The van der Waals surface area contributed by atoms with Crippen LogP contribution in [0.1, 0.15) is 88.4 Å². The highest BCUT2D eigenvalue weighted by atomic mass is 16.5. The average molecular weight is 558 g/mol. The number of rotatable bonds is 7. The van der Waals surface area contributed by atoms with E-state index in [1.165, 1.54) is 12.8 Å². The predicted molar refractivity (Wildman–Crippen MR) is 155 cm³/mol. The smallest absolute Gasteiger partial charge is 0.319 e. The third-order valence-corrected chi connectivity index (χ3v) is 8.61. The minimum absolute atomic E-state index is 0.131. The number of likely N-dealkylation sites (N-methyl/N-ethyl adjacent to an activating group) is 1. The third kappa shape index (κ3) is 7.59. The van der Waals surface area contributed by atoms with Crippen molar-refractivity contribution >= 4 is 23.7 Å². The van der Waals surface area contributed by atoms with E-state index in [-0.39, 0.29) is 42.6 Å². The number of nitrogens with zero attached hydrogens (tertiary/aromatic N) is 2. The summed E-state index contributed by atoms with van der Waals surface area (Å²) >= 11 is 0. The number of nitrogens with one attached hydrogen (secondary N) is 3. The van der Waals surface area contributed by atoms with Crippen LogP contribution in [0.3, 0.4) is 0 Å². The van der Waals surface area contributed by atoms with Crippen molar-refractivity contribution in [2.24, 2.45) is 5.92 Å². The van der Waals surface area contributed by atoms with Gasteiger partial charge in [-0.3, -0.25) is 4.79 Å². The van der Waals surface area contributed by atoms with Crippen molar-refractivity contribution in [3.05, 3.63) is 23.8 Å². The number of aliphatic hydroxyl groups is 1. The van der Waals surface area contributed by atoms with E-state index < -0.39 is 12.1 Å². The van der Waals surface area contributed by atoms with E-state index in [1.807, 2.05) is 13.8 Å². The molecule has 4 rings (SSSR count). The number of carbonyl (C=O) groups is 3. The first-order valence-electron chi connectivity index (χ1n) is 15.1. The number of urea groups is 2. The number of benzene rings is 1. The topological polar surface area (TPSA) is 123 Å². The van der Waals surface area contributed by atoms with Crippen LogP contribution in [0, 0.1) is 5.92 Å². The van der Waals surface area contributed by atoms with Crippen molar-refractivity contribution in [3.8, 4) is 5.75 Å². The Labute approximate surface area is 238 Å². The quantitative estimate of drug-likeness (QED) is 0.397. The number of fused-ring (bicyclic) bond motifs is 1. The molecule has 4 N–H and O–H groups in total. The van der Waals surface area contributed by atoms with Gasteiger partial charge < -0.3 is 35.6 Å². The molecule has 1 heterocycles. The number of para-hydroxylation sites is 1. The third-order valence-electron chi connectivity index (χ3n) is 8.61. The fourth-order valence-electron chi connectivity index (χ4n) is 6.03. The summed E-state index contributed by atoms with van der Waals surface area (Å²) in [5.41, 5.74) is 0.728. The van der Waals surface area contributed by atoms with Crippen LogP contribution in [0.25, 0.3) is 0 Å². The fraction of sp³-hybridized carbons (Fsp3) is 0.700. The lowest BCUT2D eigenvalue weighted by atomic mass is 9.95. The van der Waals surface area contributed by atoms with Crippen molar-refractivity contribution < 1.29 is 24.2 Å². The van der Waals surface area contributed by atoms with Gasteiger partial charge in [-0.15, -0.1) is 0 Å². The van der Waals surface area contributed by atoms with Gasteiger partial charge in [0.2, 0.25) is 0 Å². The second-order valence-corrected chi connectivity index (χ2v) is 11.9. The van der Waals surface area contributed by atoms with Crippen LogP contribution in [0.4, 0.5) is 15.3 Å². The molecule has 1 aliphatic heterocycles. The van der Waals surface area contributed by atoms with Gasteiger partial charge in [0.25, 0.3) is 5.91 Å². The molecule has 2 aliphatic carbocycles. The van der Waals surface area contributed by atoms with Crippen LogP contribution in [0.5, 0.6) is 5.75 Å². The van der Waals surface area contributed by atoms with Gasteiger partial charge in [-0.1, -0.05) is 51.5 Å². The highest BCUT2D eigenvalue weighted by molar-refractivity contribution is 6.01. The average Bonchev–Trinajstić information content (AvgIpc) is 2.95. The molecule has 5 amide bonds. The van der Waals surface area contributed by atoms with Crippen LogP contribution < -0.4 is 20.7 Å². The van der Waals surface area contributed by atoms with E-state index in [0.29, 0.717) is 30.1 Å². The summed E-state index contributed by atoms with van der Waals surface area (Å²) in [6.07, 6.45) is 10.3. The molecule has 2 saturated carbocycles. The Bertz CT molecular complexity index is 1020. The Balaban J connectivity index is 1.56. The first kappa shape index (κ1) is 30.0. The van der Waals surface area contributed by atoms with E-state index in [4.69, 9.17) is 4.74 Å². The highest BCUT2D eigenvalue weighted by Crippen LogP contribution is 2.35. The molecular formula is C30H47N5O5. The Hall–Kier alpha value is -3.01. The Kier molecular flexibility index (Phi) is 10.5. The number of ether oxygens (including phenoxy) is 1. The molecule has 2 fully saturated rings. The number of hydrogen-bond acceptors (Lipinski definition) is 5. The summed E-state index contributed by atoms with van der Waals surface area (Å²) in [5, 5.41) is 19.1. The van der Waals surface area contributed by atoms with Crippen molar-refractivity contribution in [1.29, 1.82) is 0 Å². The standard InChI is InChI=1S/C30H47N5O5/c1-20-17-35(21(2)19-36)28(37)24-15-10-16-25(33-29(38)31-22-11-6-4-7-12-22)27(24)40-26(20)18-34(3)30(39)32-23-13-8-5-9-14-23/h10,15-16,20-23,26,36H,4-9,11-14,17-19H2,1-3H3,(H,32,39)(H2,31,33,38)/t20-,21+,26+/m1/s1. The molecule has 222 valence electrons. The van der Waals surface area contributed by atoms with Crippen molar-refractivity contribution in [2.45, 2.75) is 102 Å². The maximum absolute atomic E-state index is 13.7. The molecule has 10 nitrogen and oxygen atoms in total. The molecule has 0 spiro atoms. The summed E-state index contributed by atoms with van der Waals surface area (Å²) in [7, 11) is 1.76. The minimum Gasteiger partial charge on any atom is -0.485 e. The zero-order valence-electron chi connectivity index (χ0n) is 24.3. The molecule has 0 radical (unpaired) electrons. The zero-order chi connectivity index (χ0) is 28.6. The molecule has 1 aromatic carbocycles. The predicted octanol–water partition coefficient (Wildman–Crippen LogP) is 4.34. The lowest BCUT2D eigenvalue weighted by Gasteiger charge is -2.38. The molecule has 3 atom stereocenters. The molecule has 0 bridgehead atoms. The van der Waals surface area contributed by atoms with E-state index in [9.17, 15) is 19.5 Å². The van der Waals surface area contributed by atoms with Gasteiger partial charge in [0.1, 0.15) is 6.10 Å². The highest BCUT2D eigenvalue weighted by Gasteiger charge is 2.35. The molecule has 3 aliphatic rings. The number of aliphatic hydroxyl groups excluding tert-OH is 1. The van der Waals surface area contributed by atoms with E-state index in [1.54, 1.807) is 35.0 Å². The number of anilines is 1. The van der Waals surface area contributed by atoms with E-state index >= 15 is 0 Å².